The Hall–Kier alpha value is -3.56. The van der Waals surface area contributed by atoms with Crippen molar-refractivity contribution < 1.29 is 23.4 Å². The lowest BCUT2D eigenvalue weighted by atomic mass is 10.1. The summed E-state index contributed by atoms with van der Waals surface area (Å²) in [5.74, 6) is 1.83. The van der Waals surface area contributed by atoms with Gasteiger partial charge in [0.2, 0.25) is 0 Å². The number of nitrogens with one attached hydrogen (secondary N) is 2. The van der Waals surface area contributed by atoms with E-state index in [1.54, 1.807) is 26.6 Å². The second-order valence-corrected chi connectivity index (χ2v) is 6.67. The zero-order chi connectivity index (χ0) is 21.5. The van der Waals surface area contributed by atoms with Crippen molar-refractivity contribution in [1.82, 2.24) is 15.2 Å². The molecular formula is C22H24N4O5. The number of nitrogens with zero attached hydrogens (tertiary/aromatic N) is 2. The molecule has 0 radical (unpaired) electrons. The van der Waals surface area contributed by atoms with E-state index in [4.69, 9.17) is 23.4 Å². The molecule has 0 aliphatic carbocycles. The Balaban J connectivity index is 1.51. The molecule has 0 fully saturated rings. The second kappa shape index (κ2) is 9.96. The summed E-state index contributed by atoms with van der Waals surface area (Å²) < 4.78 is 27.6. The van der Waals surface area contributed by atoms with Gasteiger partial charge in [-0.1, -0.05) is 0 Å². The van der Waals surface area contributed by atoms with Crippen LogP contribution in [0.3, 0.4) is 0 Å². The first-order chi connectivity index (χ1) is 15.3. The van der Waals surface area contributed by atoms with Crippen LogP contribution in [0.1, 0.15) is 0 Å². The summed E-state index contributed by atoms with van der Waals surface area (Å²) in [5, 5.41) is 11.1. The van der Waals surface area contributed by atoms with Crippen molar-refractivity contribution in [3.8, 4) is 22.8 Å². The lowest BCUT2D eigenvalue weighted by Crippen LogP contribution is -2.08. The molecule has 0 atom stereocenters. The molecule has 0 aliphatic heterocycles. The molecule has 4 aromatic rings. The minimum absolute atomic E-state index is 0.389. The molecule has 0 bridgehead atoms. The Morgan fingerprint density at radius 2 is 1.71 bits per heavy atom. The minimum atomic E-state index is 0.389. The monoisotopic (exact) mass is 424 g/mol. The fourth-order valence-electron chi connectivity index (χ4n) is 2.97. The van der Waals surface area contributed by atoms with Gasteiger partial charge in [-0.2, -0.15) is 5.10 Å². The van der Waals surface area contributed by atoms with E-state index in [2.05, 4.69) is 20.5 Å². The number of H-pyrrole nitrogens is 1. The summed E-state index contributed by atoms with van der Waals surface area (Å²) in [4.78, 5) is 4.33. The molecule has 0 amide bonds. The minimum Gasteiger partial charge on any atom is -0.487 e. The van der Waals surface area contributed by atoms with Crippen LogP contribution in [0.25, 0.3) is 22.2 Å². The number of anilines is 2. The van der Waals surface area contributed by atoms with E-state index < -0.39 is 0 Å². The molecule has 2 aromatic heterocycles. The zero-order valence-electron chi connectivity index (χ0n) is 17.4. The Labute approximate surface area is 179 Å². The highest BCUT2D eigenvalue weighted by Crippen LogP contribution is 2.34. The van der Waals surface area contributed by atoms with Gasteiger partial charge in [0.25, 0.3) is 6.01 Å². The molecular weight excluding hydrogens is 400 g/mol. The SMILES string of the molecule is COCCOc1ccc(-c2cnc(Nc3ccc4[nH]ncc4c3)o2)cc1OCCOC. The first-order valence-electron chi connectivity index (χ1n) is 9.80. The van der Waals surface area contributed by atoms with Crippen LogP contribution < -0.4 is 14.8 Å². The number of oxazole rings is 1. The largest absolute Gasteiger partial charge is 0.487 e. The van der Waals surface area contributed by atoms with Crippen LogP contribution in [0.2, 0.25) is 0 Å². The van der Waals surface area contributed by atoms with Crippen LogP contribution >= 0.6 is 0 Å². The van der Waals surface area contributed by atoms with Gasteiger partial charge in [-0.05, 0) is 36.4 Å². The summed E-state index contributed by atoms with van der Waals surface area (Å²) >= 11 is 0. The van der Waals surface area contributed by atoms with E-state index in [-0.39, 0.29) is 0 Å². The highest BCUT2D eigenvalue weighted by molar-refractivity contribution is 5.82. The van der Waals surface area contributed by atoms with Crippen molar-refractivity contribution in [2.45, 2.75) is 0 Å². The normalized spacial score (nSPS) is 11.0. The zero-order valence-corrected chi connectivity index (χ0v) is 17.4. The van der Waals surface area contributed by atoms with E-state index >= 15 is 0 Å². The van der Waals surface area contributed by atoms with Crippen molar-refractivity contribution in [3.05, 3.63) is 48.8 Å². The van der Waals surface area contributed by atoms with Gasteiger partial charge in [0.15, 0.2) is 17.3 Å². The van der Waals surface area contributed by atoms with Crippen LogP contribution in [0.4, 0.5) is 11.7 Å². The summed E-state index contributed by atoms with van der Waals surface area (Å²) in [5.41, 5.74) is 2.64. The highest BCUT2D eigenvalue weighted by atomic mass is 16.5. The van der Waals surface area contributed by atoms with Crippen molar-refractivity contribution in [2.24, 2.45) is 0 Å². The predicted molar refractivity (Wildman–Crippen MR) is 116 cm³/mol. The Morgan fingerprint density at radius 3 is 2.52 bits per heavy atom. The predicted octanol–water partition coefficient (Wildman–Crippen LogP) is 4.01. The topological polar surface area (TPSA) is 104 Å². The summed E-state index contributed by atoms with van der Waals surface area (Å²) in [6.45, 7) is 1.79. The lowest BCUT2D eigenvalue weighted by Gasteiger charge is -2.13. The average molecular weight is 424 g/mol. The molecule has 9 heteroatoms. The summed E-state index contributed by atoms with van der Waals surface area (Å²) in [6.07, 6.45) is 3.43. The third-order valence-corrected chi connectivity index (χ3v) is 4.52. The van der Waals surface area contributed by atoms with Gasteiger partial charge in [0.1, 0.15) is 13.2 Å². The lowest BCUT2D eigenvalue weighted by molar-refractivity contribution is 0.132. The third-order valence-electron chi connectivity index (χ3n) is 4.52. The molecule has 2 aromatic carbocycles. The van der Waals surface area contributed by atoms with E-state index in [1.807, 2.05) is 36.4 Å². The number of benzene rings is 2. The summed E-state index contributed by atoms with van der Waals surface area (Å²) in [7, 11) is 3.26. The standard InChI is InChI=1S/C22H24N4O5/c1-27-7-9-29-19-6-3-15(12-20(19)30-10-8-28-2)21-14-23-22(31-21)25-17-4-5-18-16(11-17)13-24-26-18/h3-6,11-14H,7-10H2,1-2H3,(H,23,25)(H,24,26). The molecule has 9 nitrogen and oxygen atoms in total. The molecule has 0 unspecified atom stereocenters. The Kier molecular flexibility index (Phi) is 6.65. The Bertz CT molecular complexity index is 1120. The molecule has 0 saturated carbocycles. The molecule has 0 saturated heterocycles. The molecule has 2 heterocycles. The molecule has 0 spiro atoms. The van der Waals surface area contributed by atoms with Crippen molar-refractivity contribution >= 4 is 22.6 Å². The molecule has 0 aliphatic rings. The van der Waals surface area contributed by atoms with Crippen molar-refractivity contribution in [1.29, 1.82) is 0 Å². The molecule has 162 valence electrons. The number of fused-ring (bicyclic) bond motifs is 1. The number of rotatable bonds is 11. The van der Waals surface area contributed by atoms with E-state index in [0.29, 0.717) is 49.7 Å². The van der Waals surface area contributed by atoms with Gasteiger partial charge < -0.3 is 28.7 Å². The van der Waals surface area contributed by atoms with E-state index in [0.717, 1.165) is 22.2 Å². The van der Waals surface area contributed by atoms with Crippen LogP contribution in [-0.4, -0.2) is 55.8 Å². The average Bonchev–Trinajstić information content (AvgIpc) is 3.44. The maximum atomic E-state index is 5.90. The van der Waals surface area contributed by atoms with Gasteiger partial charge in [0, 0.05) is 30.9 Å². The number of aromatic nitrogens is 3. The van der Waals surface area contributed by atoms with Gasteiger partial charge in [-0.3, -0.25) is 5.10 Å². The first-order valence-corrected chi connectivity index (χ1v) is 9.80. The van der Waals surface area contributed by atoms with E-state index in [9.17, 15) is 0 Å². The maximum absolute atomic E-state index is 5.90. The van der Waals surface area contributed by atoms with Gasteiger partial charge in [-0.15, -0.1) is 0 Å². The van der Waals surface area contributed by atoms with Crippen molar-refractivity contribution in [3.63, 3.8) is 0 Å². The number of methoxy groups -OCH3 is 2. The molecule has 4 rings (SSSR count). The quantitative estimate of drug-likeness (QED) is 0.348. The summed E-state index contributed by atoms with van der Waals surface area (Å²) in [6, 6.07) is 11.8. The first kappa shape index (κ1) is 20.7. The second-order valence-electron chi connectivity index (χ2n) is 6.67. The van der Waals surface area contributed by atoms with Gasteiger partial charge >= 0.3 is 0 Å². The van der Waals surface area contributed by atoms with Gasteiger partial charge in [-0.25, -0.2) is 4.98 Å². The maximum Gasteiger partial charge on any atom is 0.299 e. The molecule has 31 heavy (non-hydrogen) atoms. The van der Waals surface area contributed by atoms with E-state index in [1.165, 1.54) is 0 Å². The highest BCUT2D eigenvalue weighted by Gasteiger charge is 2.12. The fourth-order valence-corrected chi connectivity index (χ4v) is 2.97. The Morgan fingerprint density at radius 1 is 0.903 bits per heavy atom. The van der Waals surface area contributed by atoms with Crippen LogP contribution in [0.15, 0.2) is 53.2 Å². The number of hydrogen-bond acceptors (Lipinski definition) is 8. The fraction of sp³-hybridized carbons (Fsp3) is 0.273. The number of ether oxygens (including phenoxy) is 4. The van der Waals surface area contributed by atoms with Crippen molar-refractivity contribution in [2.75, 3.05) is 46.0 Å². The third kappa shape index (κ3) is 5.14. The smallest absolute Gasteiger partial charge is 0.299 e. The van der Waals surface area contributed by atoms with Gasteiger partial charge in [0.05, 0.1) is 31.1 Å². The van der Waals surface area contributed by atoms with Crippen LogP contribution in [0.5, 0.6) is 11.5 Å². The van der Waals surface area contributed by atoms with Crippen LogP contribution in [-0.2, 0) is 9.47 Å². The number of aromatic amines is 1. The molecule has 2 N–H and O–H groups in total. The number of hydrogen-bond donors (Lipinski definition) is 2. The van der Waals surface area contributed by atoms with Crippen LogP contribution in [0, 0.1) is 0 Å².